The predicted octanol–water partition coefficient (Wildman–Crippen LogP) is 12.8. The Morgan fingerprint density at radius 1 is 0.404 bits per heavy atom. The molecule has 0 saturated heterocycles. The van der Waals surface area contributed by atoms with E-state index in [1.807, 2.05) is 12.3 Å². The number of aromatic nitrogens is 3. The van der Waals surface area contributed by atoms with E-state index in [4.69, 9.17) is 14.4 Å². The first-order chi connectivity index (χ1) is 25.8. The van der Waals surface area contributed by atoms with Crippen LogP contribution in [0.25, 0.3) is 105 Å². The summed E-state index contributed by atoms with van der Waals surface area (Å²) in [5.74, 6) is 0. The van der Waals surface area contributed by atoms with E-state index in [9.17, 15) is 0 Å². The summed E-state index contributed by atoms with van der Waals surface area (Å²) < 4.78 is 8.78. The van der Waals surface area contributed by atoms with Gasteiger partial charge in [0.25, 0.3) is 0 Å². The molecule has 11 aromatic rings. The highest BCUT2D eigenvalue weighted by molar-refractivity contribution is 6.16. The molecule has 52 heavy (non-hydrogen) atoms. The number of benzene rings is 7. The maximum atomic E-state index is 6.43. The highest BCUT2D eigenvalue weighted by atomic mass is 16.3. The summed E-state index contributed by atoms with van der Waals surface area (Å²) in [7, 11) is 0. The lowest BCUT2D eigenvalue weighted by Gasteiger charge is -2.14. The smallest absolute Gasteiger partial charge is 0.135 e. The fourth-order valence-electron chi connectivity index (χ4n) is 8.04. The fourth-order valence-corrected chi connectivity index (χ4v) is 8.04. The van der Waals surface area contributed by atoms with Crippen molar-refractivity contribution >= 4 is 65.4 Å². The van der Waals surface area contributed by atoms with Gasteiger partial charge in [0.05, 0.1) is 27.9 Å². The van der Waals surface area contributed by atoms with Crippen LogP contribution in [0.4, 0.5) is 0 Å². The van der Waals surface area contributed by atoms with Crippen molar-refractivity contribution in [1.82, 2.24) is 14.5 Å². The van der Waals surface area contributed by atoms with Crippen molar-refractivity contribution in [2.24, 2.45) is 0 Å². The third-order valence-electron chi connectivity index (χ3n) is 10.4. The Bertz CT molecular complexity index is 3180. The first kappa shape index (κ1) is 28.8. The normalized spacial score (nSPS) is 11.8. The van der Waals surface area contributed by atoms with E-state index in [0.29, 0.717) is 0 Å². The molecular weight excluding hydrogens is 635 g/mol. The number of para-hydroxylation sites is 3. The van der Waals surface area contributed by atoms with Crippen LogP contribution in [-0.4, -0.2) is 14.5 Å². The average molecular weight is 664 g/mol. The van der Waals surface area contributed by atoms with E-state index in [2.05, 4.69) is 168 Å². The highest BCUT2D eigenvalue weighted by Crippen LogP contribution is 2.41. The van der Waals surface area contributed by atoms with Gasteiger partial charge in [-0.15, -0.1) is 0 Å². The molecule has 0 aliphatic rings. The number of hydrogen-bond acceptors (Lipinski definition) is 3. The van der Waals surface area contributed by atoms with Gasteiger partial charge in [0.1, 0.15) is 11.2 Å². The van der Waals surface area contributed by atoms with Crippen molar-refractivity contribution in [3.8, 4) is 39.3 Å². The van der Waals surface area contributed by atoms with Crippen LogP contribution in [0.5, 0.6) is 0 Å². The number of nitrogens with zero attached hydrogens (tertiary/aromatic N) is 3. The lowest BCUT2D eigenvalue weighted by Crippen LogP contribution is -1.94. The lowest BCUT2D eigenvalue weighted by molar-refractivity contribution is 0.669. The van der Waals surface area contributed by atoms with Gasteiger partial charge >= 0.3 is 0 Å². The molecule has 7 aromatic carbocycles. The summed E-state index contributed by atoms with van der Waals surface area (Å²) in [4.78, 5) is 10.2. The number of furan rings is 1. The van der Waals surface area contributed by atoms with Crippen LogP contribution in [0.2, 0.25) is 0 Å². The number of hydrogen-bond donors (Lipinski definition) is 0. The minimum absolute atomic E-state index is 0.851. The zero-order valence-electron chi connectivity index (χ0n) is 28.0. The summed E-state index contributed by atoms with van der Waals surface area (Å²) in [6.07, 6.45) is 1.91. The third kappa shape index (κ3) is 4.34. The van der Waals surface area contributed by atoms with Gasteiger partial charge in [0.15, 0.2) is 0 Å². The van der Waals surface area contributed by atoms with Crippen molar-refractivity contribution < 1.29 is 4.42 Å². The van der Waals surface area contributed by atoms with Crippen LogP contribution in [-0.2, 0) is 0 Å². The van der Waals surface area contributed by atoms with Crippen LogP contribution in [0.15, 0.2) is 180 Å². The Balaban J connectivity index is 1.11. The van der Waals surface area contributed by atoms with Crippen molar-refractivity contribution in [2.75, 3.05) is 0 Å². The van der Waals surface area contributed by atoms with E-state index in [1.54, 1.807) is 0 Å². The molecule has 242 valence electrons. The zero-order chi connectivity index (χ0) is 34.2. The molecule has 0 unspecified atom stereocenters. The molecule has 0 fully saturated rings. The quantitative estimate of drug-likeness (QED) is 0.176. The standard InChI is InChI=1S/C48H29N3O/c1-3-11-30(12-4-1)47-46-37(25-26-49-47)35-15-7-9-17-41(35)50-48(46)33-21-24-45-40(29-33)39-28-32(20-23-44(39)52-45)31-19-22-43-38(27-31)36-16-8-10-18-42(36)51(43)34-13-5-2-6-14-34/h1-29H. The summed E-state index contributed by atoms with van der Waals surface area (Å²) in [6, 6.07) is 59.9. The molecule has 4 heteroatoms. The number of fused-ring (bicyclic) bond motifs is 9. The predicted molar refractivity (Wildman–Crippen MR) is 215 cm³/mol. The van der Waals surface area contributed by atoms with Gasteiger partial charge in [-0.1, -0.05) is 97.1 Å². The monoisotopic (exact) mass is 663 g/mol. The Morgan fingerprint density at radius 3 is 1.83 bits per heavy atom. The van der Waals surface area contributed by atoms with E-state index >= 15 is 0 Å². The summed E-state index contributed by atoms with van der Waals surface area (Å²) in [5.41, 5.74) is 12.4. The fraction of sp³-hybridized carbons (Fsp3) is 0. The van der Waals surface area contributed by atoms with Gasteiger partial charge < -0.3 is 8.98 Å². The number of pyridine rings is 2. The molecule has 0 spiro atoms. The molecule has 0 radical (unpaired) electrons. The van der Waals surface area contributed by atoms with Gasteiger partial charge in [-0.3, -0.25) is 4.98 Å². The molecule has 4 aromatic heterocycles. The Hall–Kier alpha value is -7.04. The Labute approximate surface area is 298 Å². The Morgan fingerprint density at radius 2 is 1.02 bits per heavy atom. The first-order valence-corrected chi connectivity index (χ1v) is 17.6. The summed E-state index contributed by atoms with van der Waals surface area (Å²) in [6.45, 7) is 0. The zero-order valence-corrected chi connectivity index (χ0v) is 28.0. The first-order valence-electron chi connectivity index (χ1n) is 17.6. The maximum Gasteiger partial charge on any atom is 0.135 e. The summed E-state index contributed by atoms with van der Waals surface area (Å²) >= 11 is 0. The minimum Gasteiger partial charge on any atom is -0.456 e. The molecule has 0 N–H and O–H groups in total. The van der Waals surface area contributed by atoms with Gasteiger partial charge in [0, 0.05) is 55.3 Å². The van der Waals surface area contributed by atoms with Crippen LogP contribution >= 0.6 is 0 Å². The molecule has 0 bridgehead atoms. The Kier molecular flexibility index (Phi) is 6.22. The van der Waals surface area contributed by atoms with E-state index in [-0.39, 0.29) is 0 Å². The lowest BCUT2D eigenvalue weighted by atomic mass is 9.95. The van der Waals surface area contributed by atoms with E-state index < -0.39 is 0 Å². The van der Waals surface area contributed by atoms with E-state index in [1.165, 1.54) is 21.8 Å². The molecule has 0 aliphatic heterocycles. The van der Waals surface area contributed by atoms with Crippen LogP contribution in [0.3, 0.4) is 0 Å². The van der Waals surface area contributed by atoms with Crippen LogP contribution in [0.1, 0.15) is 0 Å². The van der Waals surface area contributed by atoms with Crippen molar-refractivity contribution in [1.29, 1.82) is 0 Å². The SMILES string of the molecule is c1ccc(-c2nccc3c2c(-c2ccc4oc5ccc(-c6ccc7c(c6)c6ccccc6n7-c6ccccc6)cc5c4c2)nc2ccccc23)cc1. The second-order valence-electron chi connectivity index (χ2n) is 13.4. The third-order valence-corrected chi connectivity index (χ3v) is 10.4. The molecule has 0 aliphatic carbocycles. The van der Waals surface area contributed by atoms with Crippen molar-refractivity contribution in [3.05, 3.63) is 176 Å². The van der Waals surface area contributed by atoms with Crippen molar-refractivity contribution in [3.63, 3.8) is 0 Å². The van der Waals surface area contributed by atoms with Crippen LogP contribution in [0, 0.1) is 0 Å². The second kappa shape index (κ2) is 11.2. The average Bonchev–Trinajstić information content (AvgIpc) is 3.75. The van der Waals surface area contributed by atoms with Gasteiger partial charge in [0.2, 0.25) is 0 Å². The molecular formula is C48H29N3O. The molecule has 0 atom stereocenters. The molecule has 0 saturated carbocycles. The largest absolute Gasteiger partial charge is 0.456 e. The van der Waals surface area contributed by atoms with Crippen molar-refractivity contribution in [2.45, 2.75) is 0 Å². The maximum absolute atomic E-state index is 6.43. The van der Waals surface area contributed by atoms with E-state index in [0.717, 1.165) is 82.9 Å². The molecule has 4 nitrogen and oxygen atoms in total. The minimum atomic E-state index is 0.851. The van der Waals surface area contributed by atoms with Gasteiger partial charge in [-0.05, 0) is 89.3 Å². The topological polar surface area (TPSA) is 43.9 Å². The second-order valence-corrected chi connectivity index (χ2v) is 13.4. The van der Waals surface area contributed by atoms with Crippen LogP contribution < -0.4 is 0 Å². The molecule has 4 heterocycles. The van der Waals surface area contributed by atoms with Gasteiger partial charge in [-0.25, -0.2) is 4.98 Å². The number of rotatable bonds is 4. The summed E-state index contributed by atoms with van der Waals surface area (Å²) in [5, 5.41) is 7.90. The molecule has 0 amide bonds. The van der Waals surface area contributed by atoms with Gasteiger partial charge in [-0.2, -0.15) is 0 Å². The highest BCUT2D eigenvalue weighted by Gasteiger charge is 2.19. The molecule has 11 rings (SSSR count).